The summed E-state index contributed by atoms with van der Waals surface area (Å²) in [5, 5.41) is 2.59. The van der Waals surface area contributed by atoms with Crippen molar-refractivity contribution in [2.24, 2.45) is 0 Å². The van der Waals surface area contributed by atoms with Gasteiger partial charge in [-0.1, -0.05) is 84.9 Å². The van der Waals surface area contributed by atoms with Gasteiger partial charge < -0.3 is 9.47 Å². The van der Waals surface area contributed by atoms with Gasteiger partial charge in [0.2, 0.25) is 0 Å². The minimum absolute atomic E-state index is 0.124. The van der Waals surface area contributed by atoms with Crippen LogP contribution in [0.25, 0.3) is 44.2 Å². The van der Waals surface area contributed by atoms with Gasteiger partial charge in [-0.25, -0.2) is 4.98 Å². The van der Waals surface area contributed by atoms with Crippen molar-refractivity contribution in [3.8, 4) is 11.4 Å². The fraction of sp³-hybridized carbons (Fsp3) is 0. The zero-order valence-electron chi connectivity index (χ0n) is 22.6. The lowest BCUT2D eigenvalue weighted by atomic mass is 9.34. The number of hydrogen-bond donors (Lipinski definition) is 0. The van der Waals surface area contributed by atoms with Crippen LogP contribution in [0.5, 0.6) is 0 Å². The van der Waals surface area contributed by atoms with E-state index in [4.69, 9.17) is 4.98 Å². The summed E-state index contributed by atoms with van der Waals surface area (Å²) in [7, 11) is 0. The Labute approximate surface area is 242 Å². The third kappa shape index (κ3) is 2.75. The van der Waals surface area contributed by atoms with Gasteiger partial charge in [-0.3, -0.25) is 4.57 Å². The van der Waals surface area contributed by atoms with Gasteiger partial charge in [-0.15, -0.1) is 0 Å². The van der Waals surface area contributed by atoms with E-state index in [9.17, 15) is 0 Å². The molecular weight excluding hydrogens is 511 g/mol. The van der Waals surface area contributed by atoms with E-state index in [1.807, 2.05) is 6.33 Å². The molecule has 0 fully saturated rings. The molecule has 0 aliphatic carbocycles. The SMILES string of the molecule is c1ccc(N(c2ccccc2)c2cc3c4c(c2)-n2c5ccccc5c5cccc(c52)B4c2cccc4ncn-3c24)cc1. The smallest absolute Gasteiger partial charge is 0.252 e. The van der Waals surface area contributed by atoms with Crippen molar-refractivity contribution in [1.29, 1.82) is 0 Å². The second-order valence-electron chi connectivity index (χ2n) is 11.3. The van der Waals surface area contributed by atoms with Crippen LogP contribution in [0, 0.1) is 0 Å². The van der Waals surface area contributed by atoms with E-state index in [-0.39, 0.29) is 6.71 Å². The monoisotopic (exact) mass is 534 g/mol. The molecule has 0 bridgehead atoms. The van der Waals surface area contributed by atoms with Gasteiger partial charge in [0, 0.05) is 39.0 Å². The second kappa shape index (κ2) is 8.02. The summed E-state index contributed by atoms with van der Waals surface area (Å²) < 4.78 is 4.82. The lowest BCUT2D eigenvalue weighted by Gasteiger charge is -2.35. The van der Waals surface area contributed by atoms with Crippen molar-refractivity contribution in [2.45, 2.75) is 0 Å². The molecule has 0 N–H and O–H groups in total. The molecule has 0 unspecified atom stereocenters. The molecule has 4 nitrogen and oxygen atoms in total. The molecule has 4 heterocycles. The van der Waals surface area contributed by atoms with Gasteiger partial charge in [-0.2, -0.15) is 0 Å². The highest BCUT2D eigenvalue weighted by Crippen LogP contribution is 2.41. The molecule has 10 rings (SSSR count). The van der Waals surface area contributed by atoms with Crippen molar-refractivity contribution in [2.75, 3.05) is 4.90 Å². The van der Waals surface area contributed by atoms with Crippen LogP contribution in [0.3, 0.4) is 0 Å². The third-order valence-corrected chi connectivity index (χ3v) is 9.14. The van der Waals surface area contributed by atoms with Crippen LogP contribution < -0.4 is 21.3 Å². The number of anilines is 3. The second-order valence-corrected chi connectivity index (χ2v) is 11.3. The predicted octanol–water partition coefficient (Wildman–Crippen LogP) is 6.74. The molecule has 0 saturated carbocycles. The molecule has 6 aromatic carbocycles. The average Bonchev–Trinajstić information content (AvgIpc) is 3.64. The number of rotatable bonds is 3. The molecule has 0 radical (unpaired) electrons. The Morgan fingerprint density at radius 2 is 1.19 bits per heavy atom. The van der Waals surface area contributed by atoms with Crippen LogP contribution in [-0.4, -0.2) is 20.8 Å². The molecule has 2 aliphatic heterocycles. The molecule has 42 heavy (non-hydrogen) atoms. The average molecular weight is 534 g/mol. The summed E-state index contributed by atoms with van der Waals surface area (Å²) >= 11 is 0. The number of benzene rings is 6. The number of imidazole rings is 1. The molecule has 2 aromatic heterocycles. The Hall–Kier alpha value is -5.55. The van der Waals surface area contributed by atoms with Crippen LogP contribution in [0.15, 0.2) is 140 Å². The fourth-order valence-electron chi connectivity index (χ4n) is 7.53. The Morgan fingerprint density at radius 1 is 0.548 bits per heavy atom. The summed E-state index contributed by atoms with van der Waals surface area (Å²) in [5.74, 6) is 0. The summed E-state index contributed by atoms with van der Waals surface area (Å²) in [4.78, 5) is 7.24. The first-order valence-electron chi connectivity index (χ1n) is 14.4. The number of fused-ring (bicyclic) bond motifs is 7. The van der Waals surface area contributed by atoms with E-state index in [1.165, 1.54) is 55.1 Å². The number of para-hydroxylation sites is 5. The Balaban J connectivity index is 1.40. The molecule has 0 atom stereocenters. The lowest BCUT2D eigenvalue weighted by Crippen LogP contribution is -2.59. The van der Waals surface area contributed by atoms with Crippen LogP contribution in [0.2, 0.25) is 0 Å². The number of hydrogen-bond acceptors (Lipinski definition) is 2. The van der Waals surface area contributed by atoms with Crippen molar-refractivity contribution >= 4 is 73.0 Å². The Bertz CT molecular complexity index is 2330. The van der Waals surface area contributed by atoms with E-state index >= 15 is 0 Å². The Morgan fingerprint density at radius 3 is 1.98 bits per heavy atom. The zero-order valence-corrected chi connectivity index (χ0v) is 22.6. The topological polar surface area (TPSA) is 26.0 Å². The third-order valence-electron chi connectivity index (χ3n) is 9.14. The quantitative estimate of drug-likeness (QED) is 0.235. The lowest BCUT2D eigenvalue weighted by molar-refractivity contribution is 1.08. The normalized spacial score (nSPS) is 12.7. The van der Waals surface area contributed by atoms with Crippen LogP contribution >= 0.6 is 0 Å². The fourth-order valence-corrected chi connectivity index (χ4v) is 7.53. The minimum Gasteiger partial charge on any atom is -0.310 e. The molecule has 5 heteroatoms. The molecule has 8 aromatic rings. The van der Waals surface area contributed by atoms with Crippen LogP contribution in [0.4, 0.5) is 17.1 Å². The van der Waals surface area contributed by atoms with Crippen molar-refractivity contribution in [1.82, 2.24) is 14.1 Å². The molecule has 0 spiro atoms. The first-order chi connectivity index (χ1) is 20.9. The van der Waals surface area contributed by atoms with Crippen molar-refractivity contribution in [3.05, 3.63) is 140 Å². The van der Waals surface area contributed by atoms with E-state index in [1.54, 1.807) is 0 Å². The molecule has 0 saturated heterocycles. The standard InChI is InChI=1S/C37H23BN4/c1-3-11-24(12-4-1)41(25-13-5-2-6-14-25)26-21-33-35-34(22-26)42-32-20-8-7-15-27(32)28-16-9-17-29(36(28)42)38(35)30-18-10-19-31-37(30)40(33)23-39-31/h1-23H. The summed E-state index contributed by atoms with van der Waals surface area (Å²) in [6, 6.07) is 48.3. The van der Waals surface area contributed by atoms with Crippen molar-refractivity contribution < 1.29 is 0 Å². The minimum atomic E-state index is 0.124. The summed E-state index contributed by atoms with van der Waals surface area (Å²) in [6.45, 7) is 0.124. The largest absolute Gasteiger partial charge is 0.310 e. The van der Waals surface area contributed by atoms with E-state index < -0.39 is 0 Å². The first kappa shape index (κ1) is 22.2. The zero-order chi connectivity index (χ0) is 27.4. The van der Waals surface area contributed by atoms with Gasteiger partial charge in [0.25, 0.3) is 6.71 Å². The maximum atomic E-state index is 4.88. The highest BCUT2D eigenvalue weighted by molar-refractivity contribution is 7.00. The maximum absolute atomic E-state index is 4.88. The molecule has 2 aliphatic rings. The van der Waals surface area contributed by atoms with E-state index in [0.717, 1.165) is 22.6 Å². The van der Waals surface area contributed by atoms with Crippen LogP contribution in [0.1, 0.15) is 0 Å². The predicted molar refractivity (Wildman–Crippen MR) is 175 cm³/mol. The molecule has 0 amide bonds. The highest BCUT2D eigenvalue weighted by atomic mass is 15.2. The van der Waals surface area contributed by atoms with Gasteiger partial charge in [0.05, 0.1) is 22.2 Å². The van der Waals surface area contributed by atoms with E-state index in [0.29, 0.717) is 0 Å². The number of aromatic nitrogens is 3. The Kier molecular flexibility index (Phi) is 4.23. The van der Waals surface area contributed by atoms with Gasteiger partial charge >= 0.3 is 0 Å². The summed E-state index contributed by atoms with van der Waals surface area (Å²) in [6.07, 6.45) is 2.00. The van der Waals surface area contributed by atoms with Gasteiger partial charge in [0.1, 0.15) is 6.33 Å². The molecular formula is C37H23BN4. The van der Waals surface area contributed by atoms with Crippen molar-refractivity contribution in [3.63, 3.8) is 0 Å². The van der Waals surface area contributed by atoms with Crippen LogP contribution in [-0.2, 0) is 0 Å². The number of nitrogens with zero attached hydrogens (tertiary/aromatic N) is 4. The maximum Gasteiger partial charge on any atom is 0.252 e. The summed E-state index contributed by atoms with van der Waals surface area (Å²) in [5.41, 5.74) is 14.6. The molecule has 194 valence electrons. The first-order valence-corrected chi connectivity index (χ1v) is 14.4. The highest BCUT2D eigenvalue weighted by Gasteiger charge is 2.40. The van der Waals surface area contributed by atoms with Gasteiger partial charge in [-0.05, 0) is 64.9 Å². The van der Waals surface area contributed by atoms with E-state index in [2.05, 4.69) is 147 Å². The van der Waals surface area contributed by atoms with Gasteiger partial charge in [0.15, 0.2) is 0 Å².